The Kier molecular flexibility index (Phi) is 4.77. The zero-order valence-electron chi connectivity index (χ0n) is 15.1. The molecule has 25 heavy (non-hydrogen) atoms. The molecule has 1 fully saturated rings. The minimum Gasteiger partial charge on any atom is -0.336 e. The van der Waals surface area contributed by atoms with Crippen LogP contribution < -0.4 is 5.56 Å². The quantitative estimate of drug-likeness (QED) is 0.915. The van der Waals surface area contributed by atoms with Crippen molar-refractivity contribution in [2.75, 3.05) is 26.2 Å². The van der Waals surface area contributed by atoms with Crippen molar-refractivity contribution in [2.45, 2.75) is 26.3 Å². The van der Waals surface area contributed by atoms with Gasteiger partial charge < -0.3 is 9.88 Å². The lowest BCUT2D eigenvalue weighted by molar-refractivity contribution is 0.0450. The maximum absolute atomic E-state index is 12.7. The van der Waals surface area contributed by atoms with Crippen LogP contribution in [0.1, 0.15) is 31.1 Å². The van der Waals surface area contributed by atoms with Crippen molar-refractivity contribution in [3.05, 3.63) is 58.4 Å². The van der Waals surface area contributed by atoms with E-state index in [2.05, 4.69) is 30.7 Å². The van der Waals surface area contributed by atoms with Gasteiger partial charge in [-0.1, -0.05) is 30.3 Å². The second-order valence-electron chi connectivity index (χ2n) is 7.43. The van der Waals surface area contributed by atoms with E-state index in [1.165, 1.54) is 0 Å². The van der Waals surface area contributed by atoms with E-state index in [4.69, 9.17) is 0 Å². The Morgan fingerprint density at radius 2 is 1.60 bits per heavy atom. The molecule has 2 heterocycles. The standard InChI is InChI=1S/C20H25N3O2/c1-20(2,3)23-13-11-22(12-14-23)19(25)16-9-10-17(21-18(16)24)15-7-5-4-6-8-15/h4-10H,11-14H2,1-3H3,(H,21,24). The van der Waals surface area contributed by atoms with Crippen LogP contribution in [-0.4, -0.2) is 52.4 Å². The van der Waals surface area contributed by atoms with Crippen LogP contribution in [0.4, 0.5) is 0 Å². The molecule has 1 amide bonds. The number of pyridine rings is 1. The molecule has 1 saturated heterocycles. The monoisotopic (exact) mass is 339 g/mol. The van der Waals surface area contributed by atoms with Gasteiger partial charge in [0.2, 0.25) is 0 Å². The van der Waals surface area contributed by atoms with Crippen LogP contribution in [-0.2, 0) is 0 Å². The van der Waals surface area contributed by atoms with E-state index in [1.807, 2.05) is 30.3 Å². The van der Waals surface area contributed by atoms with Crippen molar-refractivity contribution in [1.29, 1.82) is 0 Å². The van der Waals surface area contributed by atoms with Gasteiger partial charge in [-0.15, -0.1) is 0 Å². The molecule has 1 aromatic carbocycles. The largest absolute Gasteiger partial charge is 0.336 e. The summed E-state index contributed by atoms with van der Waals surface area (Å²) in [6.45, 7) is 9.49. The second-order valence-corrected chi connectivity index (χ2v) is 7.43. The fourth-order valence-electron chi connectivity index (χ4n) is 3.18. The fourth-order valence-corrected chi connectivity index (χ4v) is 3.18. The fraction of sp³-hybridized carbons (Fsp3) is 0.400. The third-order valence-electron chi connectivity index (χ3n) is 4.74. The van der Waals surface area contributed by atoms with Crippen molar-refractivity contribution < 1.29 is 4.79 Å². The van der Waals surface area contributed by atoms with Crippen molar-refractivity contribution in [3.63, 3.8) is 0 Å². The van der Waals surface area contributed by atoms with Crippen molar-refractivity contribution in [2.24, 2.45) is 0 Å². The predicted molar refractivity (Wildman–Crippen MR) is 99.7 cm³/mol. The van der Waals surface area contributed by atoms with Gasteiger partial charge in [-0.3, -0.25) is 14.5 Å². The number of nitrogens with one attached hydrogen (secondary N) is 1. The van der Waals surface area contributed by atoms with E-state index >= 15 is 0 Å². The van der Waals surface area contributed by atoms with Crippen LogP contribution >= 0.6 is 0 Å². The molecule has 0 bridgehead atoms. The van der Waals surface area contributed by atoms with Crippen molar-refractivity contribution in [1.82, 2.24) is 14.8 Å². The molecule has 0 aliphatic carbocycles. The summed E-state index contributed by atoms with van der Waals surface area (Å²) < 4.78 is 0. The van der Waals surface area contributed by atoms with Crippen LogP contribution in [0.25, 0.3) is 11.3 Å². The third-order valence-corrected chi connectivity index (χ3v) is 4.74. The number of carbonyl (C=O) groups is 1. The minimum absolute atomic E-state index is 0.101. The van der Waals surface area contributed by atoms with E-state index in [-0.39, 0.29) is 22.6 Å². The molecular formula is C20H25N3O2. The predicted octanol–water partition coefficient (Wildman–Crippen LogP) is 2.60. The number of H-pyrrole nitrogens is 1. The highest BCUT2D eigenvalue weighted by Crippen LogP contribution is 2.18. The van der Waals surface area contributed by atoms with Crippen LogP contribution in [0.2, 0.25) is 0 Å². The highest BCUT2D eigenvalue weighted by molar-refractivity contribution is 5.94. The molecule has 132 valence electrons. The van der Waals surface area contributed by atoms with E-state index in [0.29, 0.717) is 13.1 Å². The Labute approximate surface area is 148 Å². The summed E-state index contributed by atoms with van der Waals surface area (Å²) in [5.74, 6) is -0.186. The van der Waals surface area contributed by atoms with Gasteiger partial charge in [0, 0.05) is 37.4 Å². The second kappa shape index (κ2) is 6.84. The lowest BCUT2D eigenvalue weighted by atomic mass is 10.0. The van der Waals surface area contributed by atoms with E-state index in [0.717, 1.165) is 24.3 Å². The highest BCUT2D eigenvalue weighted by atomic mass is 16.2. The van der Waals surface area contributed by atoms with E-state index in [1.54, 1.807) is 17.0 Å². The number of hydrogen-bond acceptors (Lipinski definition) is 3. The molecule has 1 aliphatic heterocycles. The maximum atomic E-state index is 12.7. The Bertz CT molecular complexity index is 798. The molecular weight excluding hydrogens is 314 g/mol. The number of aromatic amines is 1. The van der Waals surface area contributed by atoms with Gasteiger partial charge in [-0.2, -0.15) is 0 Å². The van der Waals surface area contributed by atoms with Crippen LogP contribution in [0.5, 0.6) is 0 Å². The highest BCUT2D eigenvalue weighted by Gasteiger charge is 2.29. The summed E-state index contributed by atoms with van der Waals surface area (Å²) in [5.41, 5.74) is 1.63. The Hall–Kier alpha value is -2.40. The van der Waals surface area contributed by atoms with Gasteiger partial charge in [0.05, 0.1) is 0 Å². The molecule has 0 radical (unpaired) electrons. The molecule has 3 rings (SSSR count). The summed E-state index contributed by atoms with van der Waals surface area (Å²) in [5, 5.41) is 0. The molecule has 2 aromatic rings. The van der Waals surface area contributed by atoms with Crippen molar-refractivity contribution in [3.8, 4) is 11.3 Å². The first-order valence-corrected chi connectivity index (χ1v) is 8.69. The normalized spacial score (nSPS) is 16.0. The van der Waals surface area contributed by atoms with Crippen LogP contribution in [0, 0.1) is 0 Å². The number of piperazine rings is 1. The topological polar surface area (TPSA) is 56.4 Å². The molecule has 0 spiro atoms. The SMILES string of the molecule is CC(C)(C)N1CCN(C(=O)c2ccc(-c3ccccc3)[nH]c2=O)CC1. The summed E-state index contributed by atoms with van der Waals surface area (Å²) in [4.78, 5) is 32.1. The average Bonchev–Trinajstić information content (AvgIpc) is 2.61. The van der Waals surface area contributed by atoms with Crippen LogP contribution in [0.15, 0.2) is 47.3 Å². The lowest BCUT2D eigenvalue weighted by Gasteiger charge is -2.42. The molecule has 0 atom stereocenters. The number of rotatable bonds is 2. The Morgan fingerprint density at radius 1 is 0.960 bits per heavy atom. The number of carbonyl (C=O) groups excluding carboxylic acids is 1. The molecule has 5 heteroatoms. The first-order chi connectivity index (χ1) is 11.9. The van der Waals surface area contributed by atoms with Gasteiger partial charge in [-0.25, -0.2) is 0 Å². The molecule has 0 unspecified atom stereocenters. The van der Waals surface area contributed by atoms with Crippen molar-refractivity contribution >= 4 is 5.91 Å². The molecule has 0 saturated carbocycles. The number of aromatic nitrogens is 1. The van der Waals surface area contributed by atoms with Gasteiger partial charge in [0.1, 0.15) is 5.56 Å². The maximum Gasteiger partial charge on any atom is 0.261 e. The lowest BCUT2D eigenvalue weighted by Crippen LogP contribution is -2.55. The smallest absolute Gasteiger partial charge is 0.261 e. The number of amides is 1. The van der Waals surface area contributed by atoms with Crippen LogP contribution in [0.3, 0.4) is 0 Å². The summed E-state index contributed by atoms with van der Waals surface area (Å²) >= 11 is 0. The molecule has 5 nitrogen and oxygen atoms in total. The van der Waals surface area contributed by atoms with Gasteiger partial charge in [0.15, 0.2) is 0 Å². The van der Waals surface area contributed by atoms with Gasteiger partial charge in [0.25, 0.3) is 11.5 Å². The van der Waals surface area contributed by atoms with Gasteiger partial charge in [-0.05, 0) is 38.5 Å². The zero-order valence-corrected chi connectivity index (χ0v) is 15.1. The summed E-state index contributed by atoms with van der Waals surface area (Å²) in [6.07, 6.45) is 0. The first kappa shape index (κ1) is 17.4. The number of benzene rings is 1. The van der Waals surface area contributed by atoms with E-state index in [9.17, 15) is 9.59 Å². The number of hydrogen-bond donors (Lipinski definition) is 1. The third kappa shape index (κ3) is 3.82. The Balaban J connectivity index is 1.74. The average molecular weight is 339 g/mol. The first-order valence-electron chi connectivity index (χ1n) is 8.69. The molecule has 1 N–H and O–H groups in total. The summed E-state index contributed by atoms with van der Waals surface area (Å²) in [7, 11) is 0. The Morgan fingerprint density at radius 3 is 2.16 bits per heavy atom. The summed E-state index contributed by atoms with van der Waals surface area (Å²) in [6, 6.07) is 13.1. The van der Waals surface area contributed by atoms with Gasteiger partial charge >= 0.3 is 0 Å². The minimum atomic E-state index is -0.329. The number of nitrogens with zero attached hydrogens (tertiary/aromatic N) is 2. The zero-order chi connectivity index (χ0) is 18.0. The van der Waals surface area contributed by atoms with E-state index < -0.39 is 0 Å². The molecule has 1 aromatic heterocycles. The molecule has 1 aliphatic rings.